The monoisotopic (exact) mass is 272 g/mol. The second kappa shape index (κ2) is 8.22. The molecular formula is C18H28Si. The molecular weight excluding hydrogens is 244 g/mol. The summed E-state index contributed by atoms with van der Waals surface area (Å²) in [6.07, 6.45) is 3.74. The molecule has 0 nitrogen and oxygen atoms in total. The van der Waals surface area contributed by atoms with Crippen molar-refractivity contribution in [2.45, 2.75) is 65.1 Å². The van der Waals surface area contributed by atoms with E-state index in [9.17, 15) is 0 Å². The van der Waals surface area contributed by atoms with E-state index in [1.807, 2.05) is 0 Å². The van der Waals surface area contributed by atoms with Crippen LogP contribution in [0.2, 0.25) is 18.1 Å². The van der Waals surface area contributed by atoms with Crippen molar-refractivity contribution in [3.05, 3.63) is 35.4 Å². The van der Waals surface area contributed by atoms with E-state index < -0.39 is 8.07 Å². The fourth-order valence-electron chi connectivity index (χ4n) is 2.36. The van der Waals surface area contributed by atoms with Crippen LogP contribution in [0.3, 0.4) is 0 Å². The van der Waals surface area contributed by atoms with Crippen LogP contribution >= 0.6 is 0 Å². The SMILES string of the molecule is CCCCc1ccc(C#C[Si](CC)(CC)CC)cc1. The molecule has 0 aromatic heterocycles. The minimum Gasteiger partial charge on any atom is -0.126 e. The summed E-state index contributed by atoms with van der Waals surface area (Å²) < 4.78 is 0. The molecule has 104 valence electrons. The summed E-state index contributed by atoms with van der Waals surface area (Å²) in [6, 6.07) is 12.7. The summed E-state index contributed by atoms with van der Waals surface area (Å²) in [7, 11) is -1.30. The van der Waals surface area contributed by atoms with Gasteiger partial charge in [-0.3, -0.25) is 0 Å². The standard InChI is InChI=1S/C18H28Si/c1-5-9-10-17-11-13-18(14-12-17)15-16-19(6-2,7-3)8-4/h11-14H,5-10H2,1-4H3. The molecule has 0 saturated carbocycles. The Morgan fingerprint density at radius 2 is 1.47 bits per heavy atom. The van der Waals surface area contributed by atoms with E-state index in [-0.39, 0.29) is 0 Å². The van der Waals surface area contributed by atoms with Gasteiger partial charge in [0, 0.05) is 5.56 Å². The number of hydrogen-bond acceptors (Lipinski definition) is 0. The van der Waals surface area contributed by atoms with Gasteiger partial charge < -0.3 is 0 Å². The second-order valence-corrected chi connectivity index (χ2v) is 10.3. The number of aryl methyl sites for hydroxylation is 1. The summed E-state index contributed by atoms with van der Waals surface area (Å²) in [5.41, 5.74) is 6.28. The Morgan fingerprint density at radius 3 is 1.95 bits per heavy atom. The fraction of sp³-hybridized carbons (Fsp3) is 0.556. The Kier molecular flexibility index (Phi) is 6.95. The van der Waals surface area contributed by atoms with E-state index in [4.69, 9.17) is 0 Å². The molecule has 0 aliphatic carbocycles. The van der Waals surface area contributed by atoms with Gasteiger partial charge in [0.15, 0.2) is 0 Å². The van der Waals surface area contributed by atoms with Gasteiger partial charge in [-0.1, -0.05) is 52.2 Å². The van der Waals surface area contributed by atoms with Gasteiger partial charge in [0.1, 0.15) is 8.07 Å². The normalized spacial score (nSPS) is 10.9. The van der Waals surface area contributed by atoms with Crippen LogP contribution in [0.1, 0.15) is 51.7 Å². The quantitative estimate of drug-likeness (QED) is 0.478. The number of unbranched alkanes of at least 4 members (excludes halogenated alkanes) is 1. The zero-order valence-corrected chi connectivity index (χ0v) is 14.1. The van der Waals surface area contributed by atoms with Crippen molar-refractivity contribution in [3.63, 3.8) is 0 Å². The molecule has 0 saturated heterocycles. The van der Waals surface area contributed by atoms with Crippen LogP contribution in [0.5, 0.6) is 0 Å². The zero-order valence-electron chi connectivity index (χ0n) is 13.1. The first-order valence-electron chi connectivity index (χ1n) is 7.81. The van der Waals surface area contributed by atoms with E-state index in [2.05, 4.69) is 63.4 Å². The molecule has 1 aromatic carbocycles. The lowest BCUT2D eigenvalue weighted by atomic mass is 10.1. The van der Waals surface area contributed by atoms with Crippen LogP contribution < -0.4 is 0 Å². The maximum atomic E-state index is 3.65. The van der Waals surface area contributed by atoms with Crippen molar-refractivity contribution in [1.82, 2.24) is 0 Å². The van der Waals surface area contributed by atoms with Crippen LogP contribution in [0.25, 0.3) is 0 Å². The molecule has 0 fully saturated rings. The van der Waals surface area contributed by atoms with E-state index >= 15 is 0 Å². The highest BCUT2D eigenvalue weighted by atomic mass is 28.3. The summed E-state index contributed by atoms with van der Waals surface area (Å²) in [5, 5.41) is 0. The number of hydrogen-bond donors (Lipinski definition) is 0. The van der Waals surface area contributed by atoms with Crippen molar-refractivity contribution in [3.8, 4) is 11.5 Å². The molecule has 0 aliphatic rings. The van der Waals surface area contributed by atoms with Crippen LogP contribution in [-0.2, 0) is 6.42 Å². The Balaban J connectivity index is 2.77. The first-order chi connectivity index (χ1) is 9.19. The molecule has 1 aromatic rings. The predicted octanol–water partition coefficient (Wildman–Crippen LogP) is 5.43. The lowest BCUT2D eigenvalue weighted by Crippen LogP contribution is -2.29. The predicted molar refractivity (Wildman–Crippen MR) is 89.1 cm³/mol. The van der Waals surface area contributed by atoms with E-state index in [0.29, 0.717) is 0 Å². The van der Waals surface area contributed by atoms with Crippen LogP contribution in [0.15, 0.2) is 24.3 Å². The number of rotatable bonds is 6. The fourth-order valence-corrected chi connectivity index (χ4v) is 4.80. The van der Waals surface area contributed by atoms with Crippen molar-refractivity contribution in [1.29, 1.82) is 0 Å². The van der Waals surface area contributed by atoms with Gasteiger partial charge in [0.05, 0.1) is 0 Å². The van der Waals surface area contributed by atoms with Gasteiger partial charge in [-0.25, -0.2) is 0 Å². The third kappa shape index (κ3) is 4.88. The van der Waals surface area contributed by atoms with Crippen molar-refractivity contribution in [2.24, 2.45) is 0 Å². The molecule has 19 heavy (non-hydrogen) atoms. The third-order valence-corrected chi connectivity index (χ3v) is 8.99. The Labute approximate surface area is 120 Å². The molecule has 0 bridgehead atoms. The molecule has 1 heteroatoms. The molecule has 0 spiro atoms. The van der Waals surface area contributed by atoms with E-state index in [1.165, 1.54) is 48.5 Å². The maximum Gasteiger partial charge on any atom is 0.138 e. The largest absolute Gasteiger partial charge is 0.138 e. The van der Waals surface area contributed by atoms with Crippen molar-refractivity contribution < 1.29 is 0 Å². The summed E-state index contributed by atoms with van der Waals surface area (Å²) in [5.74, 6) is 3.43. The Bertz CT molecular complexity index is 407. The van der Waals surface area contributed by atoms with Gasteiger partial charge in [0.2, 0.25) is 0 Å². The molecule has 0 unspecified atom stereocenters. The first kappa shape index (κ1) is 16.1. The average molecular weight is 273 g/mol. The van der Waals surface area contributed by atoms with E-state index in [1.54, 1.807) is 0 Å². The molecule has 0 radical (unpaired) electrons. The summed E-state index contributed by atoms with van der Waals surface area (Å²) in [4.78, 5) is 0. The topological polar surface area (TPSA) is 0 Å². The van der Waals surface area contributed by atoms with Gasteiger partial charge >= 0.3 is 0 Å². The van der Waals surface area contributed by atoms with Crippen molar-refractivity contribution >= 4 is 8.07 Å². The molecule has 1 rings (SSSR count). The van der Waals surface area contributed by atoms with Crippen LogP contribution in [0, 0.1) is 11.5 Å². The second-order valence-electron chi connectivity index (χ2n) is 5.39. The Morgan fingerprint density at radius 1 is 0.895 bits per heavy atom. The molecule has 0 aliphatic heterocycles. The Hall–Kier alpha value is -1.00. The van der Waals surface area contributed by atoms with Gasteiger partial charge in [-0.05, 0) is 48.7 Å². The maximum absolute atomic E-state index is 3.65. The van der Waals surface area contributed by atoms with Gasteiger partial charge in [-0.2, -0.15) is 0 Å². The van der Waals surface area contributed by atoms with Crippen LogP contribution in [0.4, 0.5) is 0 Å². The van der Waals surface area contributed by atoms with Gasteiger partial charge in [0.25, 0.3) is 0 Å². The zero-order chi connectivity index (χ0) is 14.1. The highest BCUT2D eigenvalue weighted by Crippen LogP contribution is 2.19. The van der Waals surface area contributed by atoms with Gasteiger partial charge in [-0.15, -0.1) is 5.54 Å². The number of benzene rings is 1. The molecule has 0 N–H and O–H groups in total. The summed E-state index contributed by atoms with van der Waals surface area (Å²) >= 11 is 0. The third-order valence-electron chi connectivity index (χ3n) is 4.28. The minimum absolute atomic E-state index is 1.19. The molecule has 0 amide bonds. The molecule has 0 atom stereocenters. The summed E-state index contributed by atoms with van der Waals surface area (Å²) in [6.45, 7) is 9.16. The minimum atomic E-state index is -1.30. The lowest BCUT2D eigenvalue weighted by molar-refractivity contribution is 0.795. The van der Waals surface area contributed by atoms with E-state index in [0.717, 1.165) is 0 Å². The average Bonchev–Trinajstić information content (AvgIpc) is 2.48. The smallest absolute Gasteiger partial charge is 0.126 e. The molecule has 0 heterocycles. The van der Waals surface area contributed by atoms with Crippen molar-refractivity contribution in [2.75, 3.05) is 0 Å². The highest BCUT2D eigenvalue weighted by molar-refractivity contribution is 6.87. The highest BCUT2D eigenvalue weighted by Gasteiger charge is 2.23. The lowest BCUT2D eigenvalue weighted by Gasteiger charge is -2.19. The first-order valence-corrected chi connectivity index (χ1v) is 10.4. The van der Waals surface area contributed by atoms with Crippen LogP contribution in [-0.4, -0.2) is 8.07 Å².